The molecule has 0 spiro atoms. The van der Waals surface area contributed by atoms with E-state index in [1.54, 1.807) is 0 Å². The van der Waals surface area contributed by atoms with E-state index >= 15 is 0 Å². The van der Waals surface area contributed by atoms with Gasteiger partial charge in [0.15, 0.2) is 12.4 Å². The molecule has 0 N–H and O–H groups in total. The first-order chi connectivity index (χ1) is 11.6. The minimum Gasteiger partial charge on any atom is -0.484 e. The average molecular weight is 335 g/mol. The van der Waals surface area contributed by atoms with Crippen molar-refractivity contribution in [2.24, 2.45) is 0 Å². The molecule has 1 saturated carbocycles. The number of rotatable bonds is 4. The van der Waals surface area contributed by atoms with E-state index in [9.17, 15) is 14.0 Å². The van der Waals surface area contributed by atoms with Gasteiger partial charge in [0.25, 0.3) is 5.91 Å². The number of halogens is 1. The largest absolute Gasteiger partial charge is 0.484 e. The van der Waals surface area contributed by atoms with Crippen molar-refractivity contribution in [1.82, 2.24) is 4.90 Å². The van der Waals surface area contributed by atoms with E-state index in [4.69, 9.17) is 9.47 Å². The van der Waals surface area contributed by atoms with Gasteiger partial charge in [-0.1, -0.05) is 12.8 Å². The number of morpholine rings is 1. The minimum atomic E-state index is -0.633. The van der Waals surface area contributed by atoms with E-state index in [-0.39, 0.29) is 41.8 Å². The summed E-state index contributed by atoms with van der Waals surface area (Å²) in [7, 11) is 0. The summed E-state index contributed by atoms with van der Waals surface area (Å²) in [6.07, 6.45) is 4.32. The Morgan fingerprint density at radius 2 is 2.12 bits per heavy atom. The van der Waals surface area contributed by atoms with Crippen molar-refractivity contribution in [3.05, 3.63) is 29.6 Å². The second-order valence-corrected chi connectivity index (χ2v) is 6.33. The van der Waals surface area contributed by atoms with Gasteiger partial charge in [-0.05, 0) is 31.9 Å². The van der Waals surface area contributed by atoms with Crippen LogP contribution in [-0.2, 0) is 9.53 Å². The number of benzene rings is 1. The molecular formula is C18H22FNO4. The van der Waals surface area contributed by atoms with Gasteiger partial charge in [-0.25, -0.2) is 4.39 Å². The smallest absolute Gasteiger partial charge is 0.260 e. The number of nitrogens with zero attached hydrogens (tertiary/aromatic N) is 1. The summed E-state index contributed by atoms with van der Waals surface area (Å²) < 4.78 is 25.0. The number of ketones is 1. The number of amides is 1. The fourth-order valence-electron chi connectivity index (χ4n) is 3.51. The molecule has 3 rings (SSSR count). The normalized spacial score (nSPS) is 23.5. The standard InChI is InChI=1S/C18H22FNO4/c1-12(21)14-7-6-13(10-15(14)19)24-11-18(22)20-8-9-23-17-5-3-2-4-16(17)20/h6-7,10,16-17H,2-5,8-9,11H2,1H3. The molecule has 1 saturated heterocycles. The Labute approximate surface area is 140 Å². The number of carbonyl (C=O) groups is 2. The topological polar surface area (TPSA) is 55.8 Å². The molecule has 1 aromatic rings. The van der Waals surface area contributed by atoms with Crippen molar-refractivity contribution in [3.8, 4) is 5.75 Å². The number of hydrogen-bond acceptors (Lipinski definition) is 4. The average Bonchev–Trinajstić information content (AvgIpc) is 2.59. The highest BCUT2D eigenvalue weighted by Crippen LogP contribution is 2.28. The molecular weight excluding hydrogens is 313 g/mol. The monoisotopic (exact) mass is 335 g/mol. The molecule has 2 aliphatic rings. The second kappa shape index (κ2) is 7.30. The van der Waals surface area contributed by atoms with Crippen molar-refractivity contribution < 1.29 is 23.5 Å². The maximum Gasteiger partial charge on any atom is 0.260 e. The molecule has 130 valence electrons. The van der Waals surface area contributed by atoms with Gasteiger partial charge in [0.2, 0.25) is 0 Å². The molecule has 5 nitrogen and oxygen atoms in total. The van der Waals surface area contributed by atoms with Gasteiger partial charge < -0.3 is 14.4 Å². The van der Waals surface area contributed by atoms with Gasteiger partial charge in [-0.2, -0.15) is 0 Å². The van der Waals surface area contributed by atoms with Crippen LogP contribution >= 0.6 is 0 Å². The van der Waals surface area contributed by atoms with Crippen molar-refractivity contribution in [2.75, 3.05) is 19.8 Å². The molecule has 1 aliphatic heterocycles. The van der Waals surface area contributed by atoms with Gasteiger partial charge in [0.1, 0.15) is 11.6 Å². The SMILES string of the molecule is CC(=O)c1ccc(OCC(=O)N2CCOC3CCCCC32)cc1F. The molecule has 0 bridgehead atoms. The lowest BCUT2D eigenvalue weighted by molar-refractivity contribution is -0.151. The maximum absolute atomic E-state index is 13.8. The molecule has 1 amide bonds. The summed E-state index contributed by atoms with van der Waals surface area (Å²) >= 11 is 0. The van der Waals surface area contributed by atoms with Crippen LogP contribution in [0.2, 0.25) is 0 Å². The zero-order valence-electron chi connectivity index (χ0n) is 13.8. The quantitative estimate of drug-likeness (QED) is 0.794. The first kappa shape index (κ1) is 16.9. The Hall–Kier alpha value is -1.95. The minimum absolute atomic E-state index is 0.0203. The Morgan fingerprint density at radius 1 is 1.33 bits per heavy atom. The highest BCUT2D eigenvalue weighted by atomic mass is 19.1. The lowest BCUT2D eigenvalue weighted by Crippen LogP contribution is -2.55. The van der Waals surface area contributed by atoms with Crippen LogP contribution in [0, 0.1) is 5.82 Å². The number of hydrogen-bond donors (Lipinski definition) is 0. The van der Waals surface area contributed by atoms with Crippen LogP contribution in [0.4, 0.5) is 4.39 Å². The summed E-state index contributed by atoms with van der Waals surface area (Å²) in [6.45, 7) is 2.29. The number of fused-ring (bicyclic) bond motifs is 1. The Morgan fingerprint density at radius 3 is 2.88 bits per heavy atom. The van der Waals surface area contributed by atoms with Gasteiger partial charge in [0, 0.05) is 12.6 Å². The Balaban J connectivity index is 1.60. The third-order valence-corrected chi connectivity index (χ3v) is 4.73. The molecule has 1 aromatic carbocycles. The molecule has 2 fully saturated rings. The van der Waals surface area contributed by atoms with Crippen LogP contribution in [0.15, 0.2) is 18.2 Å². The summed E-state index contributed by atoms with van der Waals surface area (Å²) in [6, 6.07) is 4.16. The van der Waals surface area contributed by atoms with E-state index in [2.05, 4.69) is 0 Å². The molecule has 1 aliphatic carbocycles. The van der Waals surface area contributed by atoms with E-state index in [0.717, 1.165) is 31.7 Å². The third kappa shape index (κ3) is 3.59. The predicted molar refractivity (Wildman–Crippen MR) is 85.6 cm³/mol. The van der Waals surface area contributed by atoms with E-state index < -0.39 is 5.82 Å². The zero-order valence-corrected chi connectivity index (χ0v) is 13.8. The van der Waals surface area contributed by atoms with Crippen LogP contribution in [0.1, 0.15) is 43.0 Å². The van der Waals surface area contributed by atoms with Crippen LogP contribution in [0.25, 0.3) is 0 Å². The van der Waals surface area contributed by atoms with Crippen LogP contribution < -0.4 is 4.74 Å². The molecule has 24 heavy (non-hydrogen) atoms. The van der Waals surface area contributed by atoms with Crippen LogP contribution in [0.5, 0.6) is 5.75 Å². The lowest BCUT2D eigenvalue weighted by atomic mass is 9.90. The Bertz CT molecular complexity index is 631. The van der Waals surface area contributed by atoms with Gasteiger partial charge >= 0.3 is 0 Å². The van der Waals surface area contributed by atoms with Gasteiger partial charge in [-0.3, -0.25) is 9.59 Å². The van der Waals surface area contributed by atoms with Gasteiger partial charge in [-0.15, -0.1) is 0 Å². The fourth-order valence-corrected chi connectivity index (χ4v) is 3.51. The first-order valence-electron chi connectivity index (χ1n) is 8.40. The highest BCUT2D eigenvalue weighted by molar-refractivity contribution is 5.94. The molecule has 6 heteroatoms. The summed E-state index contributed by atoms with van der Waals surface area (Å²) in [5, 5.41) is 0. The number of carbonyl (C=O) groups excluding carboxylic acids is 2. The number of ether oxygens (including phenoxy) is 2. The fraction of sp³-hybridized carbons (Fsp3) is 0.556. The van der Waals surface area contributed by atoms with Crippen molar-refractivity contribution in [2.45, 2.75) is 44.8 Å². The van der Waals surface area contributed by atoms with Crippen LogP contribution in [-0.4, -0.2) is 48.5 Å². The summed E-state index contributed by atoms with van der Waals surface area (Å²) in [4.78, 5) is 25.6. The summed E-state index contributed by atoms with van der Waals surface area (Å²) in [5.74, 6) is -0.830. The Kier molecular flexibility index (Phi) is 5.14. The predicted octanol–water partition coefficient (Wildman–Crippen LogP) is 2.58. The maximum atomic E-state index is 13.8. The zero-order chi connectivity index (χ0) is 17.1. The third-order valence-electron chi connectivity index (χ3n) is 4.73. The molecule has 0 radical (unpaired) electrons. The van der Waals surface area contributed by atoms with Crippen LogP contribution in [0.3, 0.4) is 0 Å². The lowest BCUT2D eigenvalue weighted by Gasteiger charge is -2.43. The number of Topliss-reactive ketones (excluding diaryl/α,β-unsaturated/α-hetero) is 1. The molecule has 2 atom stereocenters. The van der Waals surface area contributed by atoms with Crippen molar-refractivity contribution in [3.63, 3.8) is 0 Å². The van der Waals surface area contributed by atoms with Crippen molar-refractivity contribution in [1.29, 1.82) is 0 Å². The first-order valence-corrected chi connectivity index (χ1v) is 8.40. The highest BCUT2D eigenvalue weighted by Gasteiger charge is 2.36. The van der Waals surface area contributed by atoms with Gasteiger partial charge in [0.05, 0.1) is 24.3 Å². The van der Waals surface area contributed by atoms with E-state index in [1.165, 1.54) is 19.1 Å². The van der Waals surface area contributed by atoms with E-state index in [1.807, 2.05) is 4.90 Å². The summed E-state index contributed by atoms with van der Waals surface area (Å²) in [5.41, 5.74) is 0.0203. The van der Waals surface area contributed by atoms with E-state index in [0.29, 0.717) is 13.2 Å². The molecule has 0 aromatic heterocycles. The molecule has 1 heterocycles. The van der Waals surface area contributed by atoms with Crippen molar-refractivity contribution >= 4 is 11.7 Å². The second-order valence-electron chi connectivity index (χ2n) is 6.33. The molecule has 2 unspecified atom stereocenters.